The molecule has 4 atom stereocenters. The molecule has 1 heterocycles. The molecule has 0 aliphatic carbocycles. The van der Waals surface area contributed by atoms with E-state index in [1.807, 2.05) is 36.6 Å². The van der Waals surface area contributed by atoms with Gasteiger partial charge in [0.05, 0.1) is 12.4 Å². The minimum absolute atomic E-state index is 0.0451. The molecule has 0 spiro atoms. The number of rotatable bonds is 18. The number of carboxylic acids is 1. The molecule has 2 aromatic rings. The number of carbonyl (C=O) groups is 4. The van der Waals surface area contributed by atoms with Gasteiger partial charge >= 0.3 is 5.97 Å². The first kappa shape index (κ1) is 31.8. The fraction of sp³-hybridized carbons (Fsp3) is 0.500. The summed E-state index contributed by atoms with van der Waals surface area (Å²) in [7, 11) is 0. The van der Waals surface area contributed by atoms with Crippen molar-refractivity contribution in [1.82, 2.24) is 25.9 Å². The molecule has 0 saturated carbocycles. The number of nitrogens with zero attached hydrogens (tertiary/aromatic N) is 1. The molecule has 2 rings (SSSR count). The summed E-state index contributed by atoms with van der Waals surface area (Å²) in [5.41, 5.74) is 13.2. The number of amides is 3. The third-order valence-electron chi connectivity index (χ3n) is 6.05. The van der Waals surface area contributed by atoms with Crippen molar-refractivity contribution in [3.05, 3.63) is 54.1 Å². The minimum Gasteiger partial charge on any atom is -0.480 e. The minimum atomic E-state index is -1.16. The second-order valence-electron chi connectivity index (χ2n) is 9.16. The van der Waals surface area contributed by atoms with Crippen LogP contribution in [0.2, 0.25) is 0 Å². The van der Waals surface area contributed by atoms with Crippen LogP contribution >= 0.6 is 11.8 Å². The van der Waals surface area contributed by atoms with E-state index in [-0.39, 0.29) is 19.3 Å². The number of hydrogen-bond donors (Lipinski definition) is 7. The summed E-state index contributed by atoms with van der Waals surface area (Å²) < 4.78 is 0. The van der Waals surface area contributed by atoms with Crippen molar-refractivity contribution < 1.29 is 24.3 Å². The Kier molecular flexibility index (Phi) is 14.0. The van der Waals surface area contributed by atoms with E-state index < -0.39 is 47.9 Å². The number of aromatic amines is 1. The van der Waals surface area contributed by atoms with Crippen LogP contribution < -0.4 is 27.4 Å². The first-order chi connectivity index (χ1) is 18.7. The van der Waals surface area contributed by atoms with Gasteiger partial charge in [-0.1, -0.05) is 30.3 Å². The third-order valence-corrected chi connectivity index (χ3v) is 6.70. The number of benzene rings is 1. The van der Waals surface area contributed by atoms with E-state index in [1.54, 1.807) is 0 Å². The fourth-order valence-corrected chi connectivity index (χ4v) is 4.34. The Morgan fingerprint density at radius 2 is 1.62 bits per heavy atom. The molecule has 0 saturated heterocycles. The van der Waals surface area contributed by atoms with Crippen molar-refractivity contribution in [2.75, 3.05) is 18.6 Å². The fourth-order valence-electron chi connectivity index (χ4n) is 3.86. The molecule has 1 aromatic heterocycles. The summed E-state index contributed by atoms with van der Waals surface area (Å²) in [5, 5.41) is 17.5. The lowest BCUT2D eigenvalue weighted by Gasteiger charge is -2.25. The molecule has 0 bridgehead atoms. The summed E-state index contributed by atoms with van der Waals surface area (Å²) >= 11 is 1.46. The van der Waals surface area contributed by atoms with E-state index >= 15 is 0 Å². The van der Waals surface area contributed by atoms with Crippen LogP contribution in [0.15, 0.2) is 42.9 Å². The van der Waals surface area contributed by atoms with Gasteiger partial charge in [-0.2, -0.15) is 11.8 Å². The summed E-state index contributed by atoms with van der Waals surface area (Å²) in [5.74, 6) is -2.36. The number of aromatic nitrogens is 2. The van der Waals surface area contributed by atoms with Crippen LogP contribution in [-0.4, -0.2) is 81.5 Å². The van der Waals surface area contributed by atoms with Crippen molar-refractivity contribution in [1.29, 1.82) is 0 Å². The molecule has 3 amide bonds. The summed E-state index contributed by atoms with van der Waals surface area (Å²) in [6.45, 7) is 0.424. The highest BCUT2D eigenvalue weighted by molar-refractivity contribution is 7.98. The zero-order chi connectivity index (χ0) is 28.6. The predicted molar refractivity (Wildman–Crippen MR) is 150 cm³/mol. The number of thioether (sulfide) groups is 1. The van der Waals surface area contributed by atoms with Crippen LogP contribution in [0.4, 0.5) is 0 Å². The molecular weight excluding hydrogens is 522 g/mol. The highest BCUT2D eigenvalue weighted by atomic mass is 32.2. The molecular formula is C26H39N7O5S. The standard InChI is InChI=1S/C26H39N7O5S/c1-39-12-10-21(26(37)38)32-25(36)22(14-18-15-29-16-30-18)33-24(35)20(9-5-6-11-27)31-23(34)19(28)13-17-7-3-2-4-8-17/h2-4,7-8,15-16,19-22H,5-6,9-14,27-28H2,1H3,(H,29,30)(H,31,34)(H,32,36)(H,33,35)(H,37,38). The molecule has 39 heavy (non-hydrogen) atoms. The van der Waals surface area contributed by atoms with Gasteiger partial charge in [-0.05, 0) is 56.2 Å². The highest BCUT2D eigenvalue weighted by Gasteiger charge is 2.30. The van der Waals surface area contributed by atoms with Crippen molar-refractivity contribution >= 4 is 35.5 Å². The van der Waals surface area contributed by atoms with Gasteiger partial charge in [0.1, 0.15) is 18.1 Å². The second-order valence-corrected chi connectivity index (χ2v) is 10.2. The molecule has 4 unspecified atom stereocenters. The van der Waals surface area contributed by atoms with Gasteiger partial charge in [0.25, 0.3) is 0 Å². The van der Waals surface area contributed by atoms with Crippen molar-refractivity contribution in [2.45, 2.75) is 62.7 Å². The third kappa shape index (κ3) is 11.5. The molecule has 0 fully saturated rings. The Balaban J connectivity index is 2.15. The van der Waals surface area contributed by atoms with E-state index in [0.29, 0.717) is 37.3 Å². The maximum absolute atomic E-state index is 13.4. The van der Waals surface area contributed by atoms with Gasteiger partial charge in [-0.3, -0.25) is 14.4 Å². The summed E-state index contributed by atoms with van der Waals surface area (Å²) in [6, 6.07) is 5.23. The van der Waals surface area contributed by atoms with E-state index in [1.165, 1.54) is 24.3 Å². The maximum atomic E-state index is 13.4. The molecule has 0 aliphatic rings. The first-order valence-corrected chi connectivity index (χ1v) is 14.2. The molecule has 9 N–H and O–H groups in total. The number of hydrogen-bond acceptors (Lipinski definition) is 8. The van der Waals surface area contributed by atoms with Gasteiger partial charge in [-0.25, -0.2) is 9.78 Å². The second kappa shape index (κ2) is 17.2. The zero-order valence-corrected chi connectivity index (χ0v) is 22.9. The van der Waals surface area contributed by atoms with E-state index in [0.717, 1.165) is 5.56 Å². The van der Waals surface area contributed by atoms with Gasteiger partial charge < -0.3 is 37.5 Å². The smallest absolute Gasteiger partial charge is 0.326 e. The Morgan fingerprint density at radius 3 is 2.23 bits per heavy atom. The van der Waals surface area contributed by atoms with Gasteiger partial charge in [0, 0.05) is 18.3 Å². The van der Waals surface area contributed by atoms with Crippen LogP contribution in [0.1, 0.15) is 36.9 Å². The number of nitrogens with two attached hydrogens (primary N) is 2. The number of imidazole rings is 1. The number of carbonyl (C=O) groups excluding carboxylic acids is 3. The van der Waals surface area contributed by atoms with Gasteiger partial charge in [0.15, 0.2) is 0 Å². The number of unbranched alkanes of at least 4 members (excludes halogenated alkanes) is 1. The van der Waals surface area contributed by atoms with E-state index in [4.69, 9.17) is 11.5 Å². The van der Waals surface area contributed by atoms with Gasteiger partial charge in [0.2, 0.25) is 17.7 Å². The average Bonchev–Trinajstić information content (AvgIpc) is 3.43. The Hall–Kier alpha value is -3.42. The molecule has 1 aromatic carbocycles. The zero-order valence-electron chi connectivity index (χ0n) is 22.1. The Morgan fingerprint density at radius 1 is 0.949 bits per heavy atom. The Bertz CT molecular complexity index is 1040. The lowest BCUT2D eigenvalue weighted by Crippen LogP contribution is -2.57. The lowest BCUT2D eigenvalue weighted by atomic mass is 10.0. The van der Waals surface area contributed by atoms with Crippen LogP contribution in [0, 0.1) is 0 Å². The number of carboxylic acid groups (broad SMARTS) is 1. The predicted octanol–water partition coefficient (Wildman–Crippen LogP) is -0.0567. The summed E-state index contributed by atoms with van der Waals surface area (Å²) in [6.07, 6.45) is 6.85. The monoisotopic (exact) mass is 561 g/mol. The largest absolute Gasteiger partial charge is 0.480 e. The molecule has 12 nitrogen and oxygen atoms in total. The average molecular weight is 562 g/mol. The highest BCUT2D eigenvalue weighted by Crippen LogP contribution is 2.08. The summed E-state index contributed by atoms with van der Waals surface area (Å²) in [4.78, 5) is 57.9. The number of aliphatic carboxylic acids is 1. The normalized spacial score (nSPS) is 14.0. The lowest BCUT2D eigenvalue weighted by molar-refractivity contribution is -0.142. The SMILES string of the molecule is CSCCC(NC(=O)C(Cc1cnc[nH]1)NC(=O)C(CCCCN)NC(=O)C(N)Cc1ccccc1)C(=O)O. The van der Waals surface area contributed by atoms with Crippen LogP contribution in [0.3, 0.4) is 0 Å². The van der Waals surface area contributed by atoms with Crippen LogP contribution in [0.5, 0.6) is 0 Å². The quantitative estimate of drug-likeness (QED) is 0.122. The van der Waals surface area contributed by atoms with Crippen molar-refractivity contribution in [3.63, 3.8) is 0 Å². The van der Waals surface area contributed by atoms with Crippen LogP contribution in [0.25, 0.3) is 0 Å². The van der Waals surface area contributed by atoms with Crippen molar-refractivity contribution in [2.24, 2.45) is 11.5 Å². The molecule has 0 radical (unpaired) electrons. The number of nitrogens with one attached hydrogen (secondary N) is 4. The number of H-pyrrole nitrogens is 1. The van der Waals surface area contributed by atoms with E-state index in [2.05, 4.69) is 25.9 Å². The first-order valence-electron chi connectivity index (χ1n) is 12.8. The molecule has 214 valence electrons. The Labute approximate surface area is 232 Å². The maximum Gasteiger partial charge on any atom is 0.326 e. The molecule has 13 heteroatoms. The topological polar surface area (TPSA) is 205 Å². The van der Waals surface area contributed by atoms with Crippen LogP contribution in [-0.2, 0) is 32.0 Å². The van der Waals surface area contributed by atoms with Gasteiger partial charge in [-0.15, -0.1) is 0 Å². The van der Waals surface area contributed by atoms with Crippen molar-refractivity contribution in [3.8, 4) is 0 Å². The molecule has 0 aliphatic heterocycles. The van der Waals surface area contributed by atoms with E-state index in [9.17, 15) is 24.3 Å².